The number of rotatable bonds is 5. The van der Waals surface area contributed by atoms with E-state index in [4.69, 9.17) is 0 Å². The maximum absolute atomic E-state index is 12.8. The lowest BCUT2D eigenvalue weighted by Crippen LogP contribution is -2.52. The third-order valence-corrected chi connectivity index (χ3v) is 6.03. The Hall–Kier alpha value is -2.86. The SMILES string of the molecule is O=C(Nc1ccccc1)C1CCCN(CC(=O)N2CCN(c3ccccc3)CC2)C1. The van der Waals surface area contributed by atoms with Gasteiger partial charge in [-0.05, 0) is 43.7 Å². The Morgan fingerprint density at radius 3 is 2.23 bits per heavy atom. The zero-order valence-corrected chi connectivity index (χ0v) is 17.4. The number of nitrogens with zero attached hydrogens (tertiary/aromatic N) is 3. The minimum Gasteiger partial charge on any atom is -0.368 e. The van der Waals surface area contributed by atoms with Gasteiger partial charge in [-0.25, -0.2) is 0 Å². The Kier molecular flexibility index (Phi) is 6.64. The first-order valence-corrected chi connectivity index (χ1v) is 10.8. The van der Waals surface area contributed by atoms with Gasteiger partial charge in [0.25, 0.3) is 0 Å². The van der Waals surface area contributed by atoms with Gasteiger partial charge in [0.15, 0.2) is 0 Å². The monoisotopic (exact) mass is 406 g/mol. The number of piperidine rings is 1. The fourth-order valence-corrected chi connectivity index (χ4v) is 4.32. The Balaban J connectivity index is 1.25. The van der Waals surface area contributed by atoms with Crippen molar-refractivity contribution in [3.05, 3.63) is 60.7 Å². The van der Waals surface area contributed by atoms with Gasteiger partial charge in [0.1, 0.15) is 0 Å². The van der Waals surface area contributed by atoms with Crippen LogP contribution in [-0.4, -0.2) is 67.4 Å². The van der Waals surface area contributed by atoms with Gasteiger partial charge < -0.3 is 15.1 Å². The lowest BCUT2D eigenvalue weighted by Gasteiger charge is -2.38. The zero-order chi connectivity index (χ0) is 20.8. The predicted octanol–water partition coefficient (Wildman–Crippen LogP) is 2.69. The van der Waals surface area contributed by atoms with Crippen molar-refractivity contribution in [3.8, 4) is 0 Å². The van der Waals surface area contributed by atoms with Crippen molar-refractivity contribution in [3.63, 3.8) is 0 Å². The summed E-state index contributed by atoms with van der Waals surface area (Å²) in [5, 5.41) is 3.00. The molecule has 2 saturated heterocycles. The van der Waals surface area contributed by atoms with Crippen LogP contribution in [0.2, 0.25) is 0 Å². The standard InChI is InChI=1S/C24H30N4O2/c29-23(28-16-14-27(15-17-28)22-11-5-2-6-12-22)19-26-13-7-8-20(18-26)24(30)25-21-9-3-1-4-10-21/h1-6,9-12,20H,7-8,13-19H2,(H,25,30). The molecule has 2 aliphatic rings. The first-order valence-electron chi connectivity index (χ1n) is 10.8. The Bertz CT molecular complexity index is 835. The predicted molar refractivity (Wildman–Crippen MR) is 119 cm³/mol. The number of benzene rings is 2. The molecular formula is C24H30N4O2. The molecule has 1 N–H and O–H groups in total. The summed E-state index contributed by atoms with van der Waals surface area (Å²) in [6.45, 7) is 5.15. The third kappa shape index (κ3) is 5.19. The fourth-order valence-electron chi connectivity index (χ4n) is 4.32. The molecule has 6 nitrogen and oxygen atoms in total. The van der Waals surface area contributed by atoms with Crippen LogP contribution >= 0.6 is 0 Å². The third-order valence-electron chi connectivity index (χ3n) is 6.03. The molecule has 158 valence electrons. The maximum atomic E-state index is 12.8. The van der Waals surface area contributed by atoms with Crippen molar-refractivity contribution in [2.75, 3.05) is 56.0 Å². The van der Waals surface area contributed by atoms with Crippen molar-refractivity contribution in [1.82, 2.24) is 9.80 Å². The number of para-hydroxylation sites is 2. The minimum atomic E-state index is -0.0679. The summed E-state index contributed by atoms with van der Waals surface area (Å²) in [6.07, 6.45) is 1.82. The molecule has 2 aromatic rings. The molecule has 0 aromatic heterocycles. The van der Waals surface area contributed by atoms with E-state index in [1.54, 1.807) is 0 Å². The van der Waals surface area contributed by atoms with E-state index in [0.717, 1.165) is 51.3 Å². The van der Waals surface area contributed by atoms with Crippen molar-refractivity contribution in [1.29, 1.82) is 0 Å². The Morgan fingerprint density at radius 2 is 1.53 bits per heavy atom. The van der Waals surface area contributed by atoms with Gasteiger partial charge in [0, 0.05) is 44.1 Å². The van der Waals surface area contributed by atoms with Gasteiger partial charge in [-0.3, -0.25) is 14.5 Å². The van der Waals surface area contributed by atoms with Crippen LogP contribution < -0.4 is 10.2 Å². The molecule has 2 amide bonds. The molecule has 1 atom stereocenters. The fraction of sp³-hybridized carbons (Fsp3) is 0.417. The van der Waals surface area contributed by atoms with Gasteiger partial charge in [0.05, 0.1) is 12.5 Å². The van der Waals surface area contributed by atoms with Crippen LogP contribution in [-0.2, 0) is 9.59 Å². The molecule has 0 saturated carbocycles. The number of nitrogens with one attached hydrogen (secondary N) is 1. The van der Waals surface area contributed by atoms with Crippen molar-refractivity contribution in [2.24, 2.45) is 5.92 Å². The lowest BCUT2D eigenvalue weighted by molar-refractivity contribution is -0.134. The molecule has 0 spiro atoms. The average molecular weight is 407 g/mol. The summed E-state index contributed by atoms with van der Waals surface area (Å²) in [6, 6.07) is 19.9. The molecule has 1 unspecified atom stereocenters. The summed E-state index contributed by atoms with van der Waals surface area (Å²) >= 11 is 0. The largest absolute Gasteiger partial charge is 0.368 e. The average Bonchev–Trinajstić information content (AvgIpc) is 2.80. The van der Waals surface area contributed by atoms with Crippen LogP contribution in [0.3, 0.4) is 0 Å². The second-order valence-electron chi connectivity index (χ2n) is 8.13. The summed E-state index contributed by atoms with van der Waals surface area (Å²) in [7, 11) is 0. The van der Waals surface area contributed by atoms with Gasteiger partial charge in [-0.2, -0.15) is 0 Å². The molecule has 0 aliphatic carbocycles. The second-order valence-corrected chi connectivity index (χ2v) is 8.13. The number of carbonyl (C=O) groups excluding carboxylic acids is 2. The molecule has 2 heterocycles. The molecule has 2 aromatic carbocycles. The van der Waals surface area contributed by atoms with Crippen LogP contribution in [0.4, 0.5) is 11.4 Å². The Morgan fingerprint density at radius 1 is 0.867 bits per heavy atom. The molecule has 6 heteroatoms. The smallest absolute Gasteiger partial charge is 0.236 e. The van der Waals surface area contributed by atoms with E-state index in [2.05, 4.69) is 27.2 Å². The normalized spacial score (nSPS) is 20.1. The highest BCUT2D eigenvalue weighted by Crippen LogP contribution is 2.20. The highest BCUT2D eigenvalue weighted by atomic mass is 16.2. The van der Waals surface area contributed by atoms with E-state index in [1.807, 2.05) is 53.4 Å². The van der Waals surface area contributed by atoms with E-state index in [9.17, 15) is 9.59 Å². The van der Waals surface area contributed by atoms with Gasteiger partial charge >= 0.3 is 0 Å². The summed E-state index contributed by atoms with van der Waals surface area (Å²) < 4.78 is 0. The summed E-state index contributed by atoms with van der Waals surface area (Å²) in [5.41, 5.74) is 2.04. The molecular weight excluding hydrogens is 376 g/mol. The molecule has 2 fully saturated rings. The number of hydrogen-bond donors (Lipinski definition) is 1. The number of anilines is 2. The quantitative estimate of drug-likeness (QED) is 0.830. The Labute approximate surface area is 178 Å². The minimum absolute atomic E-state index is 0.0508. The van der Waals surface area contributed by atoms with Crippen LogP contribution in [0.1, 0.15) is 12.8 Å². The number of amides is 2. The lowest BCUT2D eigenvalue weighted by atomic mass is 9.97. The maximum Gasteiger partial charge on any atom is 0.236 e. The number of piperazine rings is 1. The van der Waals surface area contributed by atoms with Crippen LogP contribution in [0, 0.1) is 5.92 Å². The first kappa shape index (κ1) is 20.4. The number of carbonyl (C=O) groups is 2. The van der Waals surface area contributed by atoms with Crippen LogP contribution in [0.15, 0.2) is 60.7 Å². The summed E-state index contributed by atoms with van der Waals surface area (Å²) in [4.78, 5) is 31.9. The number of likely N-dealkylation sites (tertiary alicyclic amines) is 1. The highest BCUT2D eigenvalue weighted by molar-refractivity contribution is 5.92. The van der Waals surface area contributed by atoms with Crippen molar-refractivity contribution in [2.45, 2.75) is 12.8 Å². The van der Waals surface area contributed by atoms with E-state index >= 15 is 0 Å². The van der Waals surface area contributed by atoms with Gasteiger partial charge in [-0.15, -0.1) is 0 Å². The van der Waals surface area contributed by atoms with Gasteiger partial charge in [0.2, 0.25) is 11.8 Å². The molecule has 30 heavy (non-hydrogen) atoms. The molecule has 0 radical (unpaired) electrons. The molecule has 2 aliphatic heterocycles. The summed E-state index contributed by atoms with van der Waals surface area (Å²) in [5.74, 6) is 0.156. The van der Waals surface area contributed by atoms with E-state index in [-0.39, 0.29) is 17.7 Å². The second kappa shape index (κ2) is 9.76. The molecule has 0 bridgehead atoms. The van der Waals surface area contributed by atoms with E-state index < -0.39 is 0 Å². The molecule has 4 rings (SSSR count). The zero-order valence-electron chi connectivity index (χ0n) is 17.4. The van der Waals surface area contributed by atoms with E-state index in [0.29, 0.717) is 13.1 Å². The van der Waals surface area contributed by atoms with Crippen LogP contribution in [0.25, 0.3) is 0 Å². The first-order chi connectivity index (χ1) is 14.7. The van der Waals surface area contributed by atoms with Crippen molar-refractivity contribution >= 4 is 23.2 Å². The van der Waals surface area contributed by atoms with E-state index in [1.165, 1.54) is 5.69 Å². The topological polar surface area (TPSA) is 55.9 Å². The highest BCUT2D eigenvalue weighted by Gasteiger charge is 2.29. The van der Waals surface area contributed by atoms with Crippen molar-refractivity contribution < 1.29 is 9.59 Å². The van der Waals surface area contributed by atoms with Gasteiger partial charge in [-0.1, -0.05) is 36.4 Å². The van der Waals surface area contributed by atoms with Crippen LogP contribution in [0.5, 0.6) is 0 Å². The number of hydrogen-bond acceptors (Lipinski definition) is 4.